The summed E-state index contributed by atoms with van der Waals surface area (Å²) in [7, 11) is 1.66. The van der Waals surface area contributed by atoms with Gasteiger partial charge in [-0.2, -0.15) is 0 Å². The van der Waals surface area contributed by atoms with E-state index in [1.165, 1.54) is 0 Å². The van der Waals surface area contributed by atoms with Gasteiger partial charge >= 0.3 is 6.01 Å². The highest BCUT2D eigenvalue weighted by Gasteiger charge is 2.12. The van der Waals surface area contributed by atoms with E-state index in [1.807, 2.05) is 0 Å². The second-order valence-corrected chi connectivity index (χ2v) is 4.12. The number of morpholine rings is 1. The fourth-order valence-corrected chi connectivity index (χ4v) is 1.76. The van der Waals surface area contributed by atoms with Gasteiger partial charge in [-0.15, -0.1) is 5.10 Å². The van der Waals surface area contributed by atoms with Gasteiger partial charge in [0.1, 0.15) is 0 Å². The van der Waals surface area contributed by atoms with Crippen molar-refractivity contribution < 1.29 is 13.9 Å². The zero-order chi connectivity index (χ0) is 12.6. The first-order valence-corrected chi connectivity index (χ1v) is 6.24. The maximum absolute atomic E-state index is 5.47. The van der Waals surface area contributed by atoms with Crippen LogP contribution < -0.4 is 5.32 Å². The van der Waals surface area contributed by atoms with Gasteiger partial charge in [-0.05, 0) is 0 Å². The molecule has 0 aromatic carbocycles. The number of ether oxygens (including phenoxy) is 2. The van der Waals surface area contributed by atoms with E-state index in [4.69, 9.17) is 13.9 Å². The van der Waals surface area contributed by atoms with Crippen LogP contribution in [0.4, 0.5) is 6.01 Å². The first-order valence-electron chi connectivity index (χ1n) is 6.24. The zero-order valence-electron chi connectivity index (χ0n) is 10.7. The monoisotopic (exact) mass is 256 g/mol. The number of hydrogen-bond acceptors (Lipinski definition) is 7. The molecular weight excluding hydrogens is 236 g/mol. The normalized spacial score (nSPS) is 16.9. The number of aromatic nitrogens is 2. The van der Waals surface area contributed by atoms with Gasteiger partial charge in [-0.1, -0.05) is 5.10 Å². The molecule has 7 nitrogen and oxygen atoms in total. The Labute approximate surface area is 106 Å². The fraction of sp³-hybridized carbons (Fsp3) is 0.818. The third-order valence-corrected chi connectivity index (χ3v) is 2.79. The number of rotatable bonds is 7. The van der Waals surface area contributed by atoms with Gasteiger partial charge in [0.05, 0.1) is 19.8 Å². The highest BCUT2D eigenvalue weighted by atomic mass is 16.5. The van der Waals surface area contributed by atoms with Crippen molar-refractivity contribution in [2.45, 2.75) is 6.42 Å². The van der Waals surface area contributed by atoms with Crippen molar-refractivity contribution in [2.75, 3.05) is 58.4 Å². The molecule has 0 bridgehead atoms. The first-order chi connectivity index (χ1) is 8.88. The predicted octanol–water partition coefficient (Wildman–Crippen LogP) is 0.00260. The lowest BCUT2D eigenvalue weighted by molar-refractivity contribution is 0.0377. The van der Waals surface area contributed by atoms with Crippen molar-refractivity contribution in [3.63, 3.8) is 0 Å². The lowest BCUT2D eigenvalue weighted by Crippen LogP contribution is -2.37. The molecule has 1 N–H and O–H groups in total. The van der Waals surface area contributed by atoms with E-state index in [0.717, 1.165) is 39.3 Å². The van der Waals surface area contributed by atoms with Crippen LogP contribution in [0.25, 0.3) is 0 Å². The van der Waals surface area contributed by atoms with Crippen LogP contribution in [0.1, 0.15) is 5.89 Å². The second-order valence-electron chi connectivity index (χ2n) is 4.12. The largest absolute Gasteiger partial charge is 0.408 e. The number of nitrogens with one attached hydrogen (secondary N) is 1. The Balaban J connectivity index is 1.69. The van der Waals surface area contributed by atoms with E-state index < -0.39 is 0 Å². The van der Waals surface area contributed by atoms with Crippen molar-refractivity contribution in [2.24, 2.45) is 0 Å². The van der Waals surface area contributed by atoms with Crippen LogP contribution in [0.2, 0.25) is 0 Å². The summed E-state index contributed by atoms with van der Waals surface area (Å²) in [6.07, 6.45) is 0.777. The van der Waals surface area contributed by atoms with Crippen LogP contribution in [0.3, 0.4) is 0 Å². The average Bonchev–Trinajstić information content (AvgIpc) is 2.86. The molecule has 1 saturated heterocycles. The highest BCUT2D eigenvalue weighted by Crippen LogP contribution is 2.07. The molecule has 2 rings (SSSR count). The van der Waals surface area contributed by atoms with Crippen LogP contribution in [0.15, 0.2) is 4.42 Å². The molecule has 1 fully saturated rings. The average molecular weight is 256 g/mol. The lowest BCUT2D eigenvalue weighted by atomic mass is 10.3. The van der Waals surface area contributed by atoms with Crippen molar-refractivity contribution in [1.82, 2.24) is 15.1 Å². The summed E-state index contributed by atoms with van der Waals surface area (Å²) in [5.41, 5.74) is 0. The minimum Gasteiger partial charge on any atom is -0.408 e. The van der Waals surface area contributed by atoms with E-state index >= 15 is 0 Å². The molecule has 0 atom stereocenters. The molecule has 1 aliphatic rings. The highest BCUT2D eigenvalue weighted by molar-refractivity contribution is 5.16. The molecule has 0 unspecified atom stereocenters. The maximum Gasteiger partial charge on any atom is 0.315 e. The van der Waals surface area contributed by atoms with Gasteiger partial charge in [0.15, 0.2) is 0 Å². The van der Waals surface area contributed by atoms with Crippen molar-refractivity contribution >= 4 is 6.01 Å². The minimum absolute atomic E-state index is 0.462. The second kappa shape index (κ2) is 7.30. The number of nitrogens with zero attached hydrogens (tertiary/aromatic N) is 3. The van der Waals surface area contributed by atoms with Gasteiger partial charge in [0, 0.05) is 39.7 Å². The summed E-state index contributed by atoms with van der Waals surface area (Å²) in [4.78, 5) is 2.34. The van der Waals surface area contributed by atoms with Crippen molar-refractivity contribution in [3.05, 3.63) is 5.89 Å². The molecule has 1 aliphatic heterocycles. The molecule has 1 aromatic rings. The van der Waals surface area contributed by atoms with Crippen molar-refractivity contribution in [1.29, 1.82) is 0 Å². The van der Waals surface area contributed by atoms with Gasteiger partial charge in [0.2, 0.25) is 5.89 Å². The smallest absolute Gasteiger partial charge is 0.315 e. The third-order valence-electron chi connectivity index (χ3n) is 2.79. The van der Waals surface area contributed by atoms with E-state index in [0.29, 0.717) is 25.1 Å². The minimum atomic E-state index is 0.462. The fourth-order valence-electron chi connectivity index (χ4n) is 1.76. The number of anilines is 1. The van der Waals surface area contributed by atoms with E-state index in [-0.39, 0.29) is 0 Å². The van der Waals surface area contributed by atoms with Crippen molar-refractivity contribution in [3.8, 4) is 0 Å². The predicted molar refractivity (Wildman–Crippen MR) is 65.6 cm³/mol. The molecule has 0 spiro atoms. The molecule has 0 saturated carbocycles. The Morgan fingerprint density at radius 1 is 1.33 bits per heavy atom. The van der Waals surface area contributed by atoms with Gasteiger partial charge in [0.25, 0.3) is 0 Å². The van der Waals surface area contributed by atoms with Crippen LogP contribution >= 0.6 is 0 Å². The van der Waals surface area contributed by atoms with Gasteiger partial charge in [-0.25, -0.2) is 0 Å². The van der Waals surface area contributed by atoms with Gasteiger partial charge in [-0.3, -0.25) is 4.90 Å². The molecule has 2 heterocycles. The molecule has 18 heavy (non-hydrogen) atoms. The molecule has 0 amide bonds. The maximum atomic E-state index is 5.47. The lowest BCUT2D eigenvalue weighted by Gasteiger charge is -2.25. The van der Waals surface area contributed by atoms with E-state index in [1.54, 1.807) is 7.11 Å². The first kappa shape index (κ1) is 13.3. The van der Waals surface area contributed by atoms with Crippen LogP contribution in [-0.2, 0) is 15.9 Å². The Morgan fingerprint density at radius 2 is 2.17 bits per heavy atom. The number of methoxy groups -OCH3 is 1. The van der Waals surface area contributed by atoms with Crippen LogP contribution in [0.5, 0.6) is 0 Å². The van der Waals surface area contributed by atoms with E-state index in [2.05, 4.69) is 20.4 Å². The third kappa shape index (κ3) is 4.25. The molecule has 7 heteroatoms. The SMILES string of the molecule is COCCNc1nnc(CCN2CCOCC2)o1. The quantitative estimate of drug-likeness (QED) is 0.688. The van der Waals surface area contributed by atoms with Crippen LogP contribution in [-0.4, -0.2) is 68.2 Å². The van der Waals surface area contributed by atoms with Gasteiger partial charge < -0.3 is 19.2 Å². The Morgan fingerprint density at radius 3 is 2.94 bits per heavy atom. The summed E-state index contributed by atoms with van der Waals surface area (Å²) in [6.45, 7) is 5.80. The summed E-state index contributed by atoms with van der Waals surface area (Å²) in [6, 6.07) is 0.462. The summed E-state index contributed by atoms with van der Waals surface area (Å²) < 4.78 is 15.7. The topological polar surface area (TPSA) is 72.7 Å². The Hall–Kier alpha value is -1.18. The number of hydrogen-bond donors (Lipinski definition) is 1. The summed E-state index contributed by atoms with van der Waals surface area (Å²) >= 11 is 0. The molecule has 0 aliphatic carbocycles. The molecule has 102 valence electrons. The van der Waals surface area contributed by atoms with E-state index in [9.17, 15) is 0 Å². The Kier molecular flexibility index (Phi) is 5.37. The standard InChI is InChI=1S/C11H20N4O3/c1-16-7-3-12-11-14-13-10(18-11)2-4-15-5-8-17-9-6-15/h2-9H2,1H3,(H,12,14). The summed E-state index contributed by atoms with van der Waals surface area (Å²) in [5.74, 6) is 0.668. The zero-order valence-corrected chi connectivity index (χ0v) is 10.7. The molecule has 1 aromatic heterocycles. The molecule has 0 radical (unpaired) electrons. The van der Waals surface area contributed by atoms with Crippen LogP contribution in [0, 0.1) is 0 Å². The Bertz CT molecular complexity index is 339. The molecular formula is C11H20N4O3. The summed E-state index contributed by atoms with van der Waals surface area (Å²) in [5, 5.41) is 10.9.